The Morgan fingerprint density at radius 2 is 2.00 bits per heavy atom. The minimum absolute atomic E-state index is 0.171. The molecule has 3 heteroatoms. The van der Waals surface area contributed by atoms with Crippen molar-refractivity contribution >= 4 is 5.91 Å². The fourth-order valence-electron chi connectivity index (χ4n) is 2.17. The average Bonchev–Trinajstić information content (AvgIpc) is 2.12. The van der Waals surface area contributed by atoms with E-state index in [1.54, 1.807) is 6.92 Å². The molecule has 82 valence electrons. The van der Waals surface area contributed by atoms with Gasteiger partial charge in [-0.05, 0) is 26.3 Å². The van der Waals surface area contributed by atoms with Gasteiger partial charge >= 0.3 is 0 Å². The van der Waals surface area contributed by atoms with Gasteiger partial charge in [0.05, 0.1) is 0 Å². The number of hydrogen-bond donors (Lipinski definition) is 0. The van der Waals surface area contributed by atoms with Crippen LogP contribution in [0.15, 0.2) is 0 Å². The van der Waals surface area contributed by atoms with Gasteiger partial charge < -0.3 is 9.80 Å². The third kappa shape index (κ3) is 2.27. The smallest absolute Gasteiger partial charge is 0.219 e. The maximum atomic E-state index is 11.2. The van der Waals surface area contributed by atoms with Crippen molar-refractivity contribution < 1.29 is 4.79 Å². The van der Waals surface area contributed by atoms with E-state index in [4.69, 9.17) is 0 Å². The molecular weight excluding hydrogens is 176 g/mol. The Morgan fingerprint density at radius 3 is 2.43 bits per heavy atom. The highest BCUT2D eigenvalue weighted by molar-refractivity contribution is 5.73. The van der Waals surface area contributed by atoms with Gasteiger partial charge in [-0.15, -0.1) is 0 Å². The summed E-state index contributed by atoms with van der Waals surface area (Å²) in [5.74, 6) is 0.839. The predicted molar refractivity (Wildman–Crippen MR) is 58.1 cm³/mol. The van der Waals surface area contributed by atoms with Gasteiger partial charge in [-0.2, -0.15) is 0 Å². The molecule has 1 heterocycles. The molecule has 0 aromatic carbocycles. The van der Waals surface area contributed by atoms with E-state index < -0.39 is 0 Å². The van der Waals surface area contributed by atoms with Crippen LogP contribution in [0.4, 0.5) is 0 Å². The van der Waals surface area contributed by atoms with E-state index in [0.29, 0.717) is 18.0 Å². The van der Waals surface area contributed by atoms with E-state index in [2.05, 4.69) is 25.8 Å². The van der Waals surface area contributed by atoms with Crippen LogP contribution in [0.1, 0.15) is 27.2 Å². The quantitative estimate of drug-likeness (QED) is 0.632. The van der Waals surface area contributed by atoms with Gasteiger partial charge in [0.2, 0.25) is 5.91 Å². The molecule has 0 aliphatic carbocycles. The molecule has 0 N–H and O–H groups in total. The van der Waals surface area contributed by atoms with E-state index in [1.165, 1.54) is 0 Å². The lowest BCUT2D eigenvalue weighted by atomic mass is 9.89. The molecule has 1 saturated heterocycles. The number of amides is 1. The number of carbonyl (C=O) groups excluding carboxylic acids is 1. The summed E-state index contributed by atoms with van der Waals surface area (Å²) in [5.41, 5.74) is 0. The molecule has 1 amide bonds. The van der Waals surface area contributed by atoms with Crippen molar-refractivity contribution in [3.63, 3.8) is 0 Å². The zero-order valence-electron chi connectivity index (χ0n) is 9.95. The van der Waals surface area contributed by atoms with Gasteiger partial charge in [0.1, 0.15) is 0 Å². The Morgan fingerprint density at radius 1 is 1.43 bits per heavy atom. The molecule has 14 heavy (non-hydrogen) atoms. The fraction of sp³-hybridized carbons (Fsp3) is 0.909. The minimum atomic E-state index is 0.171. The van der Waals surface area contributed by atoms with Crippen LogP contribution in [0.3, 0.4) is 0 Å². The number of hydrogen-bond acceptors (Lipinski definition) is 2. The van der Waals surface area contributed by atoms with Crippen molar-refractivity contribution in [2.45, 2.75) is 39.3 Å². The highest BCUT2D eigenvalue weighted by Crippen LogP contribution is 2.24. The molecule has 0 spiro atoms. The Bertz CT molecular complexity index is 205. The molecule has 0 radical (unpaired) electrons. The molecule has 3 unspecified atom stereocenters. The maximum Gasteiger partial charge on any atom is 0.219 e. The summed E-state index contributed by atoms with van der Waals surface area (Å²) in [5, 5.41) is 0. The zero-order chi connectivity index (χ0) is 10.9. The molecular formula is C11H22N2O. The van der Waals surface area contributed by atoms with Crippen LogP contribution in [0.5, 0.6) is 0 Å². The van der Waals surface area contributed by atoms with Crippen LogP contribution in [-0.4, -0.2) is 48.4 Å². The number of piperidine rings is 1. The summed E-state index contributed by atoms with van der Waals surface area (Å²) in [7, 11) is 4.05. The highest BCUT2D eigenvalue weighted by atomic mass is 16.2. The van der Waals surface area contributed by atoms with Gasteiger partial charge in [0.15, 0.2) is 0 Å². The summed E-state index contributed by atoms with van der Waals surface area (Å²) >= 11 is 0. The zero-order valence-corrected chi connectivity index (χ0v) is 9.95. The summed E-state index contributed by atoms with van der Waals surface area (Å²) < 4.78 is 0. The first kappa shape index (κ1) is 11.5. The number of rotatable bonds is 1. The standard InChI is InChI=1S/C11H22N2O/c1-8-6-11(13(5)10(3)14)7-12(4)9(8)2/h8-9,11H,6-7H2,1-5H3. The largest absolute Gasteiger partial charge is 0.342 e. The topological polar surface area (TPSA) is 23.6 Å². The van der Waals surface area contributed by atoms with Gasteiger partial charge in [0, 0.05) is 32.6 Å². The van der Waals surface area contributed by atoms with E-state index in [0.717, 1.165) is 13.0 Å². The van der Waals surface area contributed by atoms with Crippen molar-refractivity contribution in [2.75, 3.05) is 20.6 Å². The molecule has 1 rings (SSSR count). The maximum absolute atomic E-state index is 11.2. The van der Waals surface area contributed by atoms with E-state index in [1.807, 2.05) is 11.9 Å². The normalized spacial score (nSPS) is 34.2. The number of likely N-dealkylation sites (tertiary alicyclic amines) is 1. The van der Waals surface area contributed by atoms with E-state index in [-0.39, 0.29) is 5.91 Å². The van der Waals surface area contributed by atoms with Crippen LogP contribution in [0.25, 0.3) is 0 Å². The summed E-state index contributed by atoms with van der Waals surface area (Å²) in [6.07, 6.45) is 1.13. The van der Waals surface area contributed by atoms with Gasteiger partial charge in [0.25, 0.3) is 0 Å². The van der Waals surface area contributed by atoms with Gasteiger partial charge in [-0.3, -0.25) is 4.79 Å². The highest BCUT2D eigenvalue weighted by Gasteiger charge is 2.31. The van der Waals surface area contributed by atoms with Crippen molar-refractivity contribution in [2.24, 2.45) is 5.92 Å². The lowest BCUT2D eigenvalue weighted by Crippen LogP contribution is -2.52. The SMILES string of the molecule is CC(=O)N(C)C1CC(C)C(C)N(C)C1. The monoisotopic (exact) mass is 198 g/mol. The summed E-state index contributed by atoms with van der Waals surface area (Å²) in [4.78, 5) is 15.5. The molecule has 1 aliphatic rings. The number of carbonyl (C=O) groups is 1. The average molecular weight is 198 g/mol. The van der Waals surface area contributed by atoms with Crippen LogP contribution in [0, 0.1) is 5.92 Å². The van der Waals surface area contributed by atoms with Crippen LogP contribution in [-0.2, 0) is 4.79 Å². The van der Waals surface area contributed by atoms with E-state index >= 15 is 0 Å². The molecule has 1 aliphatic heterocycles. The second kappa shape index (κ2) is 4.30. The number of nitrogens with zero attached hydrogens (tertiary/aromatic N) is 2. The second-order valence-corrected chi connectivity index (χ2v) is 4.68. The first-order valence-electron chi connectivity index (χ1n) is 5.37. The van der Waals surface area contributed by atoms with Crippen LogP contribution < -0.4 is 0 Å². The molecule has 0 aromatic heterocycles. The van der Waals surface area contributed by atoms with Crippen LogP contribution in [0.2, 0.25) is 0 Å². The van der Waals surface area contributed by atoms with Crippen molar-refractivity contribution in [3.05, 3.63) is 0 Å². The molecule has 0 aromatic rings. The minimum Gasteiger partial charge on any atom is -0.342 e. The Hall–Kier alpha value is -0.570. The Kier molecular flexibility index (Phi) is 3.53. The first-order valence-corrected chi connectivity index (χ1v) is 5.37. The third-order valence-corrected chi connectivity index (χ3v) is 3.71. The molecule has 3 atom stereocenters. The Labute approximate surface area is 87.1 Å². The second-order valence-electron chi connectivity index (χ2n) is 4.68. The van der Waals surface area contributed by atoms with Crippen molar-refractivity contribution in [3.8, 4) is 0 Å². The first-order chi connectivity index (χ1) is 6.43. The van der Waals surface area contributed by atoms with Crippen molar-refractivity contribution in [1.29, 1.82) is 0 Å². The predicted octanol–water partition coefficient (Wildman–Crippen LogP) is 1.19. The van der Waals surface area contributed by atoms with Crippen LogP contribution >= 0.6 is 0 Å². The fourth-order valence-corrected chi connectivity index (χ4v) is 2.17. The molecule has 0 bridgehead atoms. The van der Waals surface area contributed by atoms with Gasteiger partial charge in [-0.1, -0.05) is 6.92 Å². The lowest BCUT2D eigenvalue weighted by molar-refractivity contribution is -0.131. The summed E-state index contributed by atoms with van der Waals surface area (Å²) in [6.45, 7) is 7.17. The number of likely N-dealkylation sites (N-methyl/N-ethyl adjacent to an activating group) is 2. The third-order valence-electron chi connectivity index (χ3n) is 3.71. The summed E-state index contributed by atoms with van der Waals surface area (Å²) in [6, 6.07) is 1.02. The van der Waals surface area contributed by atoms with Gasteiger partial charge in [-0.25, -0.2) is 0 Å². The lowest BCUT2D eigenvalue weighted by Gasteiger charge is -2.43. The van der Waals surface area contributed by atoms with E-state index in [9.17, 15) is 4.79 Å². The van der Waals surface area contributed by atoms with Crippen molar-refractivity contribution in [1.82, 2.24) is 9.80 Å². The molecule has 0 saturated carbocycles. The Balaban J connectivity index is 2.62. The molecule has 1 fully saturated rings. The molecule has 3 nitrogen and oxygen atoms in total.